The van der Waals surface area contributed by atoms with Crippen LogP contribution in [0.15, 0.2) is 12.1 Å². The molecule has 1 aromatic heterocycles. The van der Waals surface area contributed by atoms with Gasteiger partial charge >= 0.3 is 29.6 Å². The molecule has 0 spiro atoms. The van der Waals surface area contributed by atoms with Gasteiger partial charge in [-0.15, -0.1) is 10.2 Å². The molecule has 8 heteroatoms. The van der Waals surface area contributed by atoms with E-state index < -0.39 is 0 Å². The molecule has 0 unspecified atom stereocenters. The normalized spacial score (nSPS) is 11.1. The second-order valence-electron chi connectivity index (χ2n) is 6.99. The molecule has 0 fully saturated rings. The molecule has 1 heterocycles. The van der Waals surface area contributed by atoms with Crippen molar-refractivity contribution in [3.63, 3.8) is 0 Å². The van der Waals surface area contributed by atoms with Crippen molar-refractivity contribution in [1.29, 1.82) is 0 Å². The van der Waals surface area contributed by atoms with Crippen LogP contribution in [0.3, 0.4) is 0 Å². The van der Waals surface area contributed by atoms with Crippen molar-refractivity contribution in [3.05, 3.63) is 23.5 Å². The summed E-state index contributed by atoms with van der Waals surface area (Å²) in [6.07, 6.45) is 4.91. The van der Waals surface area contributed by atoms with Crippen molar-refractivity contribution in [2.24, 2.45) is 0 Å². The number of hydrogen-bond donors (Lipinski definition) is 2. The number of unbranched alkanes of at least 4 members (excludes halogenated alkanes) is 2. The molecule has 0 saturated carbocycles. The van der Waals surface area contributed by atoms with E-state index in [0.29, 0.717) is 19.0 Å². The standard InChI is InChI=1S/C19H30N4O3.Na.H/c1-5-14-12-17(25-6-2)15(24)13-16(14)26-11-9-7-8-10-19(3,4)18-20-22-23-21-18;;/h12-13,24H,5-11H2,1-4H3,(H,20,21,22,23);;. The third-order valence-corrected chi connectivity index (χ3v) is 4.48. The Kier molecular flexibility index (Phi) is 10.1. The number of nitrogens with one attached hydrogen (secondary N) is 1. The van der Waals surface area contributed by atoms with Crippen molar-refractivity contribution in [2.75, 3.05) is 13.2 Å². The van der Waals surface area contributed by atoms with Crippen LogP contribution in [0, 0.1) is 0 Å². The molecular weight excluding hydrogens is 355 g/mol. The van der Waals surface area contributed by atoms with Gasteiger partial charge in [-0.2, -0.15) is 5.21 Å². The predicted octanol–water partition coefficient (Wildman–Crippen LogP) is 3.13. The van der Waals surface area contributed by atoms with E-state index in [9.17, 15) is 5.11 Å². The number of aromatic nitrogens is 4. The first-order valence-electron chi connectivity index (χ1n) is 9.33. The average Bonchev–Trinajstić information content (AvgIpc) is 3.15. The molecule has 1 aromatic carbocycles. The van der Waals surface area contributed by atoms with Gasteiger partial charge in [-0.05, 0) is 37.8 Å². The third-order valence-electron chi connectivity index (χ3n) is 4.48. The van der Waals surface area contributed by atoms with Crippen molar-refractivity contribution in [2.45, 2.75) is 65.2 Å². The maximum atomic E-state index is 10.0. The quantitative estimate of drug-likeness (QED) is 0.455. The molecular formula is C19H31N4NaO3. The Bertz CT molecular complexity index is 678. The van der Waals surface area contributed by atoms with E-state index in [1.54, 1.807) is 6.07 Å². The van der Waals surface area contributed by atoms with Gasteiger partial charge in [0.05, 0.1) is 13.2 Å². The van der Waals surface area contributed by atoms with E-state index in [4.69, 9.17) is 9.47 Å². The Hall–Kier alpha value is -1.31. The van der Waals surface area contributed by atoms with Gasteiger partial charge in [0.25, 0.3) is 0 Å². The summed E-state index contributed by atoms with van der Waals surface area (Å²) in [4.78, 5) is 0. The van der Waals surface area contributed by atoms with E-state index in [1.807, 2.05) is 13.0 Å². The molecule has 0 bridgehead atoms. The molecule has 0 radical (unpaired) electrons. The Labute approximate surface area is 183 Å². The number of nitrogens with zero attached hydrogens (tertiary/aromatic N) is 3. The van der Waals surface area contributed by atoms with Crippen LogP contribution in [0.5, 0.6) is 17.2 Å². The summed E-state index contributed by atoms with van der Waals surface area (Å²) >= 11 is 0. The number of phenolic OH excluding ortho intramolecular Hbond substituents is 1. The summed E-state index contributed by atoms with van der Waals surface area (Å²) < 4.78 is 11.3. The molecule has 0 amide bonds. The number of ether oxygens (including phenoxy) is 2. The van der Waals surface area contributed by atoms with E-state index in [1.165, 1.54) is 0 Å². The van der Waals surface area contributed by atoms with Gasteiger partial charge in [0.1, 0.15) is 5.75 Å². The monoisotopic (exact) mass is 386 g/mol. The van der Waals surface area contributed by atoms with Crippen molar-refractivity contribution in [3.8, 4) is 17.2 Å². The van der Waals surface area contributed by atoms with Crippen LogP contribution in [-0.2, 0) is 11.8 Å². The molecule has 0 atom stereocenters. The summed E-state index contributed by atoms with van der Waals surface area (Å²) in [6.45, 7) is 9.37. The predicted molar refractivity (Wildman–Crippen MR) is 107 cm³/mol. The van der Waals surface area contributed by atoms with E-state index in [-0.39, 0.29) is 40.7 Å². The number of hydrogen-bond acceptors (Lipinski definition) is 6. The minimum atomic E-state index is -0.0792. The molecule has 0 aliphatic rings. The van der Waals surface area contributed by atoms with Crippen molar-refractivity contribution < 1.29 is 14.6 Å². The number of rotatable bonds is 11. The van der Waals surface area contributed by atoms with Crippen LogP contribution < -0.4 is 9.47 Å². The Morgan fingerprint density at radius 1 is 1.07 bits per heavy atom. The van der Waals surface area contributed by atoms with E-state index in [2.05, 4.69) is 41.4 Å². The number of aromatic hydroxyl groups is 1. The Morgan fingerprint density at radius 3 is 2.48 bits per heavy atom. The van der Waals surface area contributed by atoms with Gasteiger partial charge in [-0.3, -0.25) is 0 Å². The number of aromatic amines is 1. The topological polar surface area (TPSA) is 93.2 Å². The third kappa shape index (κ3) is 6.97. The van der Waals surface area contributed by atoms with Crippen LogP contribution in [0.1, 0.15) is 64.8 Å². The Morgan fingerprint density at radius 2 is 1.85 bits per heavy atom. The van der Waals surface area contributed by atoms with Gasteiger partial charge in [0.2, 0.25) is 0 Å². The first-order valence-corrected chi connectivity index (χ1v) is 9.33. The van der Waals surface area contributed by atoms with Crippen LogP contribution in [0.2, 0.25) is 0 Å². The molecule has 2 aromatic rings. The number of tetrazole rings is 1. The second kappa shape index (κ2) is 11.5. The molecule has 2 N–H and O–H groups in total. The molecule has 0 aliphatic heterocycles. The van der Waals surface area contributed by atoms with Crippen LogP contribution >= 0.6 is 0 Å². The molecule has 2 rings (SSSR count). The van der Waals surface area contributed by atoms with Crippen molar-refractivity contribution >= 4 is 29.6 Å². The van der Waals surface area contributed by atoms with E-state index in [0.717, 1.165) is 49.2 Å². The zero-order valence-corrected chi connectivity index (χ0v) is 16.2. The van der Waals surface area contributed by atoms with E-state index >= 15 is 0 Å². The zero-order valence-electron chi connectivity index (χ0n) is 16.2. The molecule has 7 nitrogen and oxygen atoms in total. The number of benzene rings is 1. The zero-order chi connectivity index (χ0) is 19.0. The fourth-order valence-corrected chi connectivity index (χ4v) is 2.86. The summed E-state index contributed by atoms with van der Waals surface area (Å²) in [6, 6.07) is 3.52. The summed E-state index contributed by atoms with van der Waals surface area (Å²) in [5.41, 5.74) is 0.967. The van der Waals surface area contributed by atoms with Gasteiger partial charge in [-0.1, -0.05) is 38.8 Å². The SMILES string of the molecule is CCOc1cc(CC)c(OCCCCCC(C)(C)c2nn[nH]n2)cc1O.[NaH]. The van der Waals surface area contributed by atoms with Crippen LogP contribution in [-0.4, -0.2) is 68.5 Å². The molecule has 146 valence electrons. The number of H-pyrrole nitrogens is 1. The minimum absolute atomic E-state index is 0. The van der Waals surface area contributed by atoms with Gasteiger partial charge in [0, 0.05) is 11.5 Å². The van der Waals surface area contributed by atoms with Crippen molar-refractivity contribution in [1.82, 2.24) is 20.6 Å². The van der Waals surface area contributed by atoms with Gasteiger partial charge in [0.15, 0.2) is 17.3 Å². The number of aryl methyl sites for hydroxylation is 1. The summed E-state index contributed by atoms with van der Waals surface area (Å²) in [7, 11) is 0. The van der Waals surface area contributed by atoms with Crippen LogP contribution in [0.25, 0.3) is 0 Å². The number of phenols is 1. The van der Waals surface area contributed by atoms with Gasteiger partial charge < -0.3 is 14.6 Å². The molecule has 0 saturated heterocycles. The first kappa shape index (κ1) is 23.7. The first-order chi connectivity index (χ1) is 12.5. The second-order valence-corrected chi connectivity index (χ2v) is 6.99. The van der Waals surface area contributed by atoms with Gasteiger partial charge in [-0.25, -0.2) is 0 Å². The molecule has 0 aliphatic carbocycles. The summed E-state index contributed by atoms with van der Waals surface area (Å²) in [5.74, 6) is 2.13. The van der Waals surface area contributed by atoms with Crippen LogP contribution in [0.4, 0.5) is 0 Å². The molecule has 27 heavy (non-hydrogen) atoms. The fourth-order valence-electron chi connectivity index (χ4n) is 2.86. The average molecular weight is 386 g/mol. The maximum absolute atomic E-state index is 10.0. The Balaban J connectivity index is 0.00000364. The summed E-state index contributed by atoms with van der Waals surface area (Å²) in [5, 5.41) is 24.4. The fraction of sp³-hybridized carbons (Fsp3) is 0.632.